The Hall–Kier alpha value is -4.27. The first-order valence-electron chi connectivity index (χ1n) is 9.50. The summed E-state index contributed by atoms with van der Waals surface area (Å²) < 4.78 is 31.2. The number of carbonyl (C=O) groups excluding carboxylic acids is 1. The van der Waals surface area contributed by atoms with Gasteiger partial charge in [0.25, 0.3) is 5.56 Å². The molecule has 2 aromatic carbocycles. The quantitative estimate of drug-likeness (QED) is 0.441. The molecule has 0 radical (unpaired) electrons. The van der Waals surface area contributed by atoms with Crippen molar-refractivity contribution in [2.75, 3.05) is 14.2 Å². The smallest absolute Gasteiger partial charge is 0.337 e. The molecule has 32 heavy (non-hydrogen) atoms. The number of methoxy groups -OCH3 is 2. The van der Waals surface area contributed by atoms with Crippen molar-refractivity contribution in [2.24, 2.45) is 0 Å². The highest BCUT2D eigenvalue weighted by Gasteiger charge is 2.18. The van der Waals surface area contributed by atoms with Crippen LogP contribution in [0.15, 0.2) is 59.7 Å². The number of nitrogens with zero attached hydrogens (tertiary/aromatic N) is 3. The standard InChI is InChI=1S/C23H18FN3O5/c1-13-4-7-19(16(24)10-13)32-20-9-6-17-21(22(28)25-12-27(17)26-20)15-11-14(23(29)31-3)5-8-18(15)30-2/h4-12H,1-3H3. The zero-order chi connectivity index (χ0) is 22.8. The molecule has 4 rings (SSSR count). The maximum atomic E-state index is 14.1. The van der Waals surface area contributed by atoms with Gasteiger partial charge in [0.05, 0.1) is 30.9 Å². The predicted octanol–water partition coefficient (Wildman–Crippen LogP) is 3.79. The summed E-state index contributed by atoms with van der Waals surface area (Å²) in [7, 11) is 2.72. The lowest BCUT2D eigenvalue weighted by Gasteiger charge is -2.13. The van der Waals surface area contributed by atoms with Gasteiger partial charge < -0.3 is 14.2 Å². The first-order valence-corrected chi connectivity index (χ1v) is 9.50. The Kier molecular flexibility index (Phi) is 5.55. The molecule has 2 aromatic heterocycles. The molecule has 0 unspecified atom stereocenters. The van der Waals surface area contributed by atoms with Gasteiger partial charge in [0.2, 0.25) is 5.88 Å². The Morgan fingerprint density at radius 2 is 1.81 bits per heavy atom. The van der Waals surface area contributed by atoms with Crippen LogP contribution in [0.5, 0.6) is 17.4 Å². The molecule has 8 nitrogen and oxygen atoms in total. The Balaban J connectivity index is 1.84. The van der Waals surface area contributed by atoms with E-state index in [9.17, 15) is 14.0 Å². The van der Waals surface area contributed by atoms with Crippen LogP contribution in [-0.4, -0.2) is 34.8 Å². The molecule has 0 N–H and O–H groups in total. The summed E-state index contributed by atoms with van der Waals surface area (Å²) >= 11 is 0. The molecule has 162 valence electrons. The van der Waals surface area contributed by atoms with Crippen molar-refractivity contribution in [1.29, 1.82) is 0 Å². The van der Waals surface area contributed by atoms with Crippen molar-refractivity contribution in [1.82, 2.24) is 14.6 Å². The molecule has 0 aliphatic rings. The molecular formula is C23H18FN3O5. The van der Waals surface area contributed by atoms with E-state index in [-0.39, 0.29) is 22.8 Å². The zero-order valence-electron chi connectivity index (χ0n) is 17.5. The second kappa shape index (κ2) is 8.46. The molecule has 0 amide bonds. The minimum absolute atomic E-state index is 0.0177. The van der Waals surface area contributed by atoms with Crippen molar-refractivity contribution in [3.8, 4) is 28.5 Å². The van der Waals surface area contributed by atoms with Crippen molar-refractivity contribution in [2.45, 2.75) is 6.92 Å². The number of rotatable bonds is 5. The number of halogens is 1. The van der Waals surface area contributed by atoms with Gasteiger partial charge in [-0.3, -0.25) is 4.79 Å². The molecule has 0 spiro atoms. The summed E-state index contributed by atoms with van der Waals surface area (Å²) in [5.41, 5.74) is 1.39. The Labute approximate surface area is 181 Å². The first-order chi connectivity index (χ1) is 15.4. The Morgan fingerprint density at radius 3 is 2.53 bits per heavy atom. The first kappa shape index (κ1) is 21.0. The van der Waals surface area contributed by atoms with Crippen LogP contribution < -0.4 is 15.0 Å². The monoisotopic (exact) mass is 435 g/mol. The molecule has 0 aliphatic heterocycles. The maximum Gasteiger partial charge on any atom is 0.337 e. The second-order valence-corrected chi connectivity index (χ2v) is 6.87. The summed E-state index contributed by atoms with van der Waals surface area (Å²) in [6.45, 7) is 1.77. The highest BCUT2D eigenvalue weighted by molar-refractivity contribution is 5.93. The molecule has 9 heteroatoms. The maximum absolute atomic E-state index is 14.1. The SMILES string of the molecule is COC(=O)c1ccc(OC)c(-c2c(=O)ncn3nc(Oc4ccc(C)cc4F)ccc23)c1. The minimum Gasteiger partial charge on any atom is -0.496 e. The number of carbonyl (C=O) groups is 1. The van der Waals surface area contributed by atoms with E-state index in [0.29, 0.717) is 16.8 Å². The van der Waals surface area contributed by atoms with Gasteiger partial charge >= 0.3 is 5.97 Å². The number of esters is 1. The van der Waals surface area contributed by atoms with Gasteiger partial charge in [-0.15, -0.1) is 5.10 Å². The van der Waals surface area contributed by atoms with Crippen LogP contribution in [0.2, 0.25) is 0 Å². The van der Waals surface area contributed by atoms with Crippen LogP contribution in [0.3, 0.4) is 0 Å². The number of hydrogen-bond acceptors (Lipinski definition) is 7. The lowest BCUT2D eigenvalue weighted by molar-refractivity contribution is 0.0600. The van der Waals surface area contributed by atoms with Gasteiger partial charge in [0.1, 0.15) is 12.1 Å². The number of aryl methyl sites for hydroxylation is 1. The van der Waals surface area contributed by atoms with E-state index in [1.54, 1.807) is 25.1 Å². The van der Waals surface area contributed by atoms with E-state index in [0.717, 1.165) is 5.56 Å². The van der Waals surface area contributed by atoms with Gasteiger partial charge in [-0.05, 0) is 48.9 Å². The molecule has 0 saturated heterocycles. The highest BCUT2D eigenvalue weighted by atomic mass is 19.1. The third-order valence-corrected chi connectivity index (χ3v) is 4.78. The van der Waals surface area contributed by atoms with Crippen molar-refractivity contribution in [3.63, 3.8) is 0 Å². The zero-order valence-corrected chi connectivity index (χ0v) is 17.5. The van der Waals surface area contributed by atoms with E-state index in [2.05, 4.69) is 10.1 Å². The molecule has 0 bridgehead atoms. The summed E-state index contributed by atoms with van der Waals surface area (Å²) in [5.74, 6) is -0.589. The molecule has 0 atom stereocenters. The topological polar surface area (TPSA) is 92.0 Å². The normalized spacial score (nSPS) is 10.8. The number of ether oxygens (including phenoxy) is 3. The molecule has 4 aromatic rings. The summed E-state index contributed by atoms with van der Waals surface area (Å²) in [6, 6.07) is 12.3. The van der Waals surface area contributed by atoms with Crippen molar-refractivity contribution in [3.05, 3.63) is 82.2 Å². The summed E-state index contributed by atoms with van der Waals surface area (Å²) in [6.07, 6.45) is 1.23. The van der Waals surface area contributed by atoms with Crippen molar-refractivity contribution < 1.29 is 23.4 Å². The van der Waals surface area contributed by atoms with Crippen LogP contribution in [0.1, 0.15) is 15.9 Å². The average molecular weight is 435 g/mol. The number of fused-ring (bicyclic) bond motifs is 1. The van der Waals surface area contributed by atoms with Crippen LogP contribution in [-0.2, 0) is 4.74 Å². The Morgan fingerprint density at radius 1 is 1.03 bits per heavy atom. The molecule has 0 aliphatic carbocycles. The minimum atomic E-state index is -0.559. The van der Waals surface area contributed by atoms with Crippen molar-refractivity contribution >= 4 is 11.5 Å². The third kappa shape index (κ3) is 3.87. The van der Waals surface area contributed by atoms with Crippen LogP contribution >= 0.6 is 0 Å². The van der Waals surface area contributed by atoms with Crippen LogP contribution in [0.4, 0.5) is 4.39 Å². The fraction of sp³-hybridized carbons (Fsp3) is 0.130. The lowest BCUT2D eigenvalue weighted by Crippen LogP contribution is -2.14. The van der Waals surface area contributed by atoms with Crippen LogP contribution in [0.25, 0.3) is 16.6 Å². The van der Waals surface area contributed by atoms with Gasteiger partial charge in [-0.1, -0.05) is 6.07 Å². The van der Waals surface area contributed by atoms with E-state index in [1.807, 2.05) is 0 Å². The average Bonchev–Trinajstić information content (AvgIpc) is 2.80. The number of hydrogen-bond donors (Lipinski definition) is 0. The van der Waals surface area contributed by atoms with E-state index in [1.165, 1.54) is 55.4 Å². The summed E-state index contributed by atoms with van der Waals surface area (Å²) in [4.78, 5) is 28.6. The predicted molar refractivity (Wildman–Crippen MR) is 114 cm³/mol. The van der Waals surface area contributed by atoms with Gasteiger partial charge in [-0.25, -0.2) is 13.7 Å². The van der Waals surface area contributed by atoms with Gasteiger partial charge in [0.15, 0.2) is 11.6 Å². The van der Waals surface area contributed by atoms with E-state index < -0.39 is 17.3 Å². The van der Waals surface area contributed by atoms with Crippen LogP contribution in [0, 0.1) is 12.7 Å². The lowest BCUT2D eigenvalue weighted by atomic mass is 10.0. The largest absolute Gasteiger partial charge is 0.496 e. The fourth-order valence-corrected chi connectivity index (χ4v) is 3.24. The number of benzene rings is 2. The second-order valence-electron chi connectivity index (χ2n) is 6.87. The van der Waals surface area contributed by atoms with Gasteiger partial charge in [0, 0.05) is 11.6 Å². The molecular weight excluding hydrogens is 417 g/mol. The van der Waals surface area contributed by atoms with Gasteiger partial charge in [-0.2, -0.15) is 4.98 Å². The van der Waals surface area contributed by atoms with E-state index in [4.69, 9.17) is 14.2 Å². The fourth-order valence-electron chi connectivity index (χ4n) is 3.24. The third-order valence-electron chi connectivity index (χ3n) is 4.78. The Bertz CT molecular complexity index is 1400. The highest BCUT2D eigenvalue weighted by Crippen LogP contribution is 2.32. The molecule has 2 heterocycles. The number of aromatic nitrogens is 3. The summed E-state index contributed by atoms with van der Waals surface area (Å²) in [5, 5.41) is 4.28. The molecule has 0 fully saturated rings. The molecule has 0 saturated carbocycles. The van der Waals surface area contributed by atoms with E-state index >= 15 is 0 Å².